The van der Waals surface area contributed by atoms with Gasteiger partial charge in [-0.25, -0.2) is 8.78 Å². The largest absolute Gasteiger partial charge is 0.439 e. The van der Waals surface area contributed by atoms with E-state index in [9.17, 15) is 17.6 Å². The molecule has 0 amide bonds. The summed E-state index contributed by atoms with van der Waals surface area (Å²) < 4.78 is 52.6. The Labute approximate surface area is 96.5 Å². The van der Waals surface area contributed by atoms with Crippen LogP contribution in [-0.4, -0.2) is 3.98 Å². The summed E-state index contributed by atoms with van der Waals surface area (Å²) in [7, 11) is 0. The van der Waals surface area contributed by atoms with Crippen LogP contribution < -0.4 is 4.74 Å². The van der Waals surface area contributed by atoms with E-state index in [-0.39, 0.29) is 6.07 Å². The molecule has 1 aromatic rings. The summed E-state index contributed by atoms with van der Waals surface area (Å²) in [4.78, 5) is 0. The molecule has 1 nitrogen and oxygen atoms in total. The first-order valence-corrected chi connectivity index (χ1v) is 4.44. The highest BCUT2D eigenvalue weighted by molar-refractivity contribution is 6.66. The molecule has 0 unspecified atom stereocenters. The molecule has 0 aliphatic carbocycles. The Morgan fingerprint density at radius 3 is 1.67 bits per heavy atom. The van der Waals surface area contributed by atoms with Crippen LogP contribution in [0, 0.1) is 23.3 Å². The molecule has 1 aromatic carbocycles. The van der Waals surface area contributed by atoms with Crippen LogP contribution in [0.4, 0.5) is 17.6 Å². The number of benzene rings is 1. The van der Waals surface area contributed by atoms with Gasteiger partial charge in [-0.2, -0.15) is 8.78 Å². The predicted octanol–water partition coefficient (Wildman–Crippen LogP) is 3.95. The van der Waals surface area contributed by atoms with Crippen molar-refractivity contribution in [3.05, 3.63) is 29.3 Å². The van der Waals surface area contributed by atoms with E-state index in [1.165, 1.54) is 0 Å². The van der Waals surface area contributed by atoms with Gasteiger partial charge in [0.05, 0.1) is 0 Å². The van der Waals surface area contributed by atoms with Gasteiger partial charge in [0.25, 0.3) is 0 Å². The number of rotatable bonds is 1. The Morgan fingerprint density at radius 1 is 0.933 bits per heavy atom. The highest BCUT2D eigenvalue weighted by Crippen LogP contribution is 2.35. The van der Waals surface area contributed by atoms with Gasteiger partial charge in [-0.05, 0) is 34.8 Å². The smallest absolute Gasteiger partial charge is 0.338 e. The quantitative estimate of drug-likeness (QED) is 0.431. The Morgan fingerprint density at radius 2 is 1.33 bits per heavy atom. The van der Waals surface area contributed by atoms with E-state index in [0.29, 0.717) is 0 Å². The first-order valence-electron chi connectivity index (χ1n) is 3.31. The topological polar surface area (TPSA) is 9.23 Å². The summed E-state index contributed by atoms with van der Waals surface area (Å²) in [5.41, 5.74) is 0. The van der Waals surface area contributed by atoms with Crippen molar-refractivity contribution in [2.45, 2.75) is 3.98 Å². The normalized spacial score (nSPS) is 11.7. The van der Waals surface area contributed by atoms with Gasteiger partial charge in [0.15, 0.2) is 11.6 Å². The third-order valence-electron chi connectivity index (χ3n) is 1.29. The summed E-state index contributed by atoms with van der Waals surface area (Å²) in [6.07, 6.45) is 0. The van der Waals surface area contributed by atoms with Gasteiger partial charge in [0.1, 0.15) is 0 Å². The Kier molecular flexibility index (Phi) is 3.58. The third-order valence-corrected chi connectivity index (χ3v) is 1.52. The van der Waals surface area contributed by atoms with Gasteiger partial charge in [-0.15, -0.1) is 0 Å². The summed E-state index contributed by atoms with van der Waals surface area (Å²) in [5, 5.41) is 0. The lowest BCUT2D eigenvalue weighted by Gasteiger charge is -2.15. The van der Waals surface area contributed by atoms with E-state index < -0.39 is 33.0 Å². The molecule has 84 valence electrons. The van der Waals surface area contributed by atoms with Crippen LogP contribution in [-0.2, 0) is 0 Å². The standard InChI is InChI=1S/C7HCl3F4O/c8-7(9,10)15-6-4(13)2(11)1-3(12)5(6)14/h1H. The summed E-state index contributed by atoms with van der Waals surface area (Å²) in [6.45, 7) is 0. The molecule has 0 aromatic heterocycles. The molecular weight excluding hydrogens is 282 g/mol. The van der Waals surface area contributed by atoms with Crippen LogP contribution in [0.25, 0.3) is 0 Å². The minimum atomic E-state index is -2.53. The molecule has 15 heavy (non-hydrogen) atoms. The van der Waals surface area contributed by atoms with Crippen molar-refractivity contribution < 1.29 is 22.3 Å². The molecule has 8 heteroatoms. The zero-order valence-electron chi connectivity index (χ0n) is 6.63. The van der Waals surface area contributed by atoms with Crippen LogP contribution in [0.2, 0.25) is 0 Å². The monoisotopic (exact) mass is 282 g/mol. The third kappa shape index (κ3) is 3.03. The van der Waals surface area contributed by atoms with Crippen molar-refractivity contribution >= 4 is 34.8 Å². The second-order valence-electron chi connectivity index (χ2n) is 2.35. The van der Waals surface area contributed by atoms with Crippen molar-refractivity contribution in [2.24, 2.45) is 0 Å². The van der Waals surface area contributed by atoms with Gasteiger partial charge >= 0.3 is 3.98 Å². The molecular formula is C7HCl3F4O. The highest BCUT2D eigenvalue weighted by atomic mass is 35.6. The zero-order valence-corrected chi connectivity index (χ0v) is 8.90. The maximum absolute atomic E-state index is 12.9. The average molecular weight is 283 g/mol. The Bertz CT molecular complexity index is 365. The van der Waals surface area contributed by atoms with Crippen molar-refractivity contribution in [2.75, 3.05) is 0 Å². The van der Waals surface area contributed by atoms with Gasteiger partial charge in [0, 0.05) is 6.07 Å². The van der Waals surface area contributed by atoms with Gasteiger partial charge in [-0.1, -0.05) is 0 Å². The molecule has 0 spiro atoms. The molecule has 0 bridgehead atoms. The molecule has 0 saturated carbocycles. The average Bonchev–Trinajstić information content (AvgIpc) is 2.08. The Hall–Kier alpha value is -0.390. The lowest BCUT2D eigenvalue weighted by molar-refractivity contribution is 0.272. The molecule has 0 aliphatic heterocycles. The van der Waals surface area contributed by atoms with Crippen LogP contribution in [0.3, 0.4) is 0 Å². The van der Waals surface area contributed by atoms with E-state index in [2.05, 4.69) is 4.74 Å². The molecule has 0 aliphatic rings. The lowest BCUT2D eigenvalue weighted by Crippen LogP contribution is -2.16. The van der Waals surface area contributed by atoms with Crippen LogP contribution in [0.1, 0.15) is 0 Å². The number of ether oxygens (including phenoxy) is 1. The van der Waals surface area contributed by atoms with Crippen LogP contribution in [0.5, 0.6) is 5.75 Å². The fourth-order valence-electron chi connectivity index (χ4n) is 0.757. The van der Waals surface area contributed by atoms with E-state index in [1.54, 1.807) is 0 Å². The van der Waals surface area contributed by atoms with E-state index in [1.807, 2.05) is 0 Å². The van der Waals surface area contributed by atoms with Crippen molar-refractivity contribution in [1.82, 2.24) is 0 Å². The second kappa shape index (κ2) is 4.23. The lowest BCUT2D eigenvalue weighted by atomic mass is 10.3. The van der Waals surface area contributed by atoms with Crippen molar-refractivity contribution in [3.8, 4) is 5.75 Å². The molecule has 0 radical (unpaired) electrons. The summed E-state index contributed by atoms with van der Waals surface area (Å²) in [6, 6.07) is 0.00982. The van der Waals surface area contributed by atoms with Crippen LogP contribution >= 0.6 is 34.8 Å². The zero-order chi connectivity index (χ0) is 11.8. The minimum Gasteiger partial charge on any atom is -0.439 e. The molecule has 0 N–H and O–H groups in total. The van der Waals surface area contributed by atoms with Crippen molar-refractivity contribution in [1.29, 1.82) is 0 Å². The first kappa shape index (κ1) is 12.7. The predicted molar refractivity (Wildman–Crippen MR) is 47.2 cm³/mol. The molecule has 0 fully saturated rings. The SMILES string of the molecule is Fc1cc(F)c(F)c(OC(Cl)(Cl)Cl)c1F. The van der Waals surface area contributed by atoms with Gasteiger partial charge in [-0.3, -0.25) is 0 Å². The van der Waals surface area contributed by atoms with Gasteiger partial charge < -0.3 is 4.74 Å². The van der Waals surface area contributed by atoms with Crippen molar-refractivity contribution in [3.63, 3.8) is 0 Å². The maximum Gasteiger partial charge on any atom is 0.338 e. The minimum absolute atomic E-state index is 0.00982. The Balaban J connectivity index is 3.27. The van der Waals surface area contributed by atoms with Gasteiger partial charge in [0.2, 0.25) is 17.4 Å². The number of alkyl halides is 3. The molecule has 0 saturated heterocycles. The summed E-state index contributed by atoms with van der Waals surface area (Å²) >= 11 is 15.1. The first-order chi connectivity index (χ1) is 6.72. The maximum atomic E-state index is 12.9. The van der Waals surface area contributed by atoms with Crippen LogP contribution in [0.15, 0.2) is 6.07 Å². The highest BCUT2D eigenvalue weighted by Gasteiger charge is 2.29. The molecule has 0 heterocycles. The molecule has 1 rings (SSSR count). The van der Waals surface area contributed by atoms with E-state index in [0.717, 1.165) is 0 Å². The number of hydrogen-bond donors (Lipinski definition) is 0. The second-order valence-corrected chi connectivity index (χ2v) is 4.52. The fourth-order valence-corrected chi connectivity index (χ4v) is 0.988. The number of halogens is 7. The summed E-state index contributed by atoms with van der Waals surface area (Å²) in [5.74, 6) is -8.29. The number of hydrogen-bond acceptors (Lipinski definition) is 1. The fraction of sp³-hybridized carbons (Fsp3) is 0.143. The van der Waals surface area contributed by atoms with E-state index in [4.69, 9.17) is 34.8 Å². The van der Waals surface area contributed by atoms with E-state index >= 15 is 0 Å². The molecule has 0 atom stereocenters.